The molecule has 0 amide bonds. The number of carboxylic acids is 1. The van der Waals surface area contributed by atoms with Crippen LogP contribution in [0, 0.1) is 5.41 Å². The number of thioether (sulfide) groups is 1. The van der Waals surface area contributed by atoms with Crippen molar-refractivity contribution >= 4 is 39.2 Å². The minimum absolute atomic E-state index is 0.109. The summed E-state index contributed by atoms with van der Waals surface area (Å²) in [5.41, 5.74) is 0.345. The van der Waals surface area contributed by atoms with Crippen LogP contribution in [0.3, 0.4) is 0 Å². The third-order valence-electron chi connectivity index (χ3n) is 4.72. The smallest absolute Gasteiger partial charge is 0.311 e. The highest BCUT2D eigenvalue weighted by atomic mass is 35.5. The van der Waals surface area contributed by atoms with Crippen LogP contribution in [0.25, 0.3) is 11.1 Å². The fourth-order valence-corrected chi connectivity index (χ4v) is 6.02. The quantitative estimate of drug-likeness (QED) is 0.439. The number of rotatable bonds is 8. The molecule has 0 fully saturated rings. The van der Waals surface area contributed by atoms with E-state index >= 15 is 0 Å². The molecule has 0 aromatic heterocycles. The molecular weight excluding hydrogens is 440 g/mol. The van der Waals surface area contributed by atoms with Gasteiger partial charge >= 0.3 is 5.97 Å². The molecule has 0 radical (unpaired) electrons. The van der Waals surface area contributed by atoms with E-state index < -0.39 is 27.0 Å². The molecule has 3 aromatic carbocycles. The summed E-state index contributed by atoms with van der Waals surface area (Å²) in [7, 11) is -3.79. The van der Waals surface area contributed by atoms with Gasteiger partial charge in [0.05, 0.1) is 16.1 Å². The lowest BCUT2D eigenvalue weighted by Crippen LogP contribution is -2.37. The van der Waals surface area contributed by atoms with Crippen LogP contribution in [0.2, 0.25) is 5.02 Å². The predicted octanol–water partition coefficient (Wildman–Crippen LogP) is 5.66. The largest absolute Gasteiger partial charge is 0.481 e. The van der Waals surface area contributed by atoms with Crippen LogP contribution in [-0.4, -0.2) is 31.0 Å². The van der Waals surface area contributed by atoms with Crippen molar-refractivity contribution in [2.45, 2.75) is 16.7 Å². The van der Waals surface area contributed by atoms with Crippen molar-refractivity contribution in [2.75, 3.05) is 11.5 Å². The van der Waals surface area contributed by atoms with E-state index in [1.165, 1.54) is 30.8 Å². The second-order valence-corrected chi connectivity index (χ2v) is 10.7. The Labute approximate surface area is 185 Å². The molecule has 3 aromatic rings. The Morgan fingerprint density at radius 3 is 2.00 bits per heavy atom. The molecule has 0 heterocycles. The van der Waals surface area contributed by atoms with Gasteiger partial charge in [0.1, 0.15) is 0 Å². The number of hydrogen-bond acceptors (Lipinski definition) is 4. The molecular formula is C23H21ClO4S2. The lowest BCUT2D eigenvalue weighted by molar-refractivity contribution is -0.145. The van der Waals surface area contributed by atoms with Crippen LogP contribution in [0.4, 0.5) is 0 Å². The van der Waals surface area contributed by atoms with Crippen molar-refractivity contribution in [3.63, 3.8) is 0 Å². The van der Waals surface area contributed by atoms with Gasteiger partial charge in [-0.05, 0) is 54.4 Å². The molecule has 0 aliphatic rings. The second-order valence-electron chi connectivity index (χ2n) is 7.26. The van der Waals surface area contributed by atoms with Crippen LogP contribution >= 0.6 is 23.4 Å². The van der Waals surface area contributed by atoms with E-state index in [9.17, 15) is 18.3 Å². The van der Waals surface area contributed by atoms with Crippen molar-refractivity contribution in [1.29, 1.82) is 0 Å². The van der Waals surface area contributed by atoms with Crippen LogP contribution in [0.1, 0.15) is 6.92 Å². The zero-order valence-electron chi connectivity index (χ0n) is 16.3. The molecule has 1 N–H and O–H groups in total. The number of aliphatic carboxylic acids is 1. The molecule has 7 heteroatoms. The van der Waals surface area contributed by atoms with Crippen molar-refractivity contribution in [3.05, 3.63) is 83.9 Å². The van der Waals surface area contributed by atoms with Gasteiger partial charge in [-0.15, -0.1) is 11.8 Å². The number of halogens is 1. The Morgan fingerprint density at radius 1 is 0.933 bits per heavy atom. The fourth-order valence-electron chi connectivity index (χ4n) is 2.92. The van der Waals surface area contributed by atoms with Gasteiger partial charge in [-0.3, -0.25) is 4.79 Å². The summed E-state index contributed by atoms with van der Waals surface area (Å²) in [4.78, 5) is 12.9. The minimum Gasteiger partial charge on any atom is -0.481 e. The Kier molecular flexibility index (Phi) is 6.91. The second kappa shape index (κ2) is 9.25. The number of carbonyl (C=O) groups is 1. The van der Waals surface area contributed by atoms with E-state index in [1.54, 1.807) is 24.3 Å². The van der Waals surface area contributed by atoms with Gasteiger partial charge in [0.2, 0.25) is 0 Å². The molecule has 30 heavy (non-hydrogen) atoms. The zero-order valence-corrected chi connectivity index (χ0v) is 18.7. The van der Waals surface area contributed by atoms with Crippen LogP contribution in [-0.2, 0) is 14.6 Å². The molecule has 0 unspecified atom stereocenters. The molecule has 0 aliphatic carbocycles. The Balaban J connectivity index is 1.78. The normalized spacial score (nSPS) is 13.5. The van der Waals surface area contributed by atoms with E-state index in [0.29, 0.717) is 5.02 Å². The van der Waals surface area contributed by atoms with Gasteiger partial charge in [0.25, 0.3) is 0 Å². The molecule has 3 rings (SSSR count). The van der Waals surface area contributed by atoms with Gasteiger partial charge in [-0.1, -0.05) is 54.1 Å². The first-order valence-corrected chi connectivity index (χ1v) is 12.2. The lowest BCUT2D eigenvalue weighted by atomic mass is 9.97. The van der Waals surface area contributed by atoms with Gasteiger partial charge < -0.3 is 5.11 Å². The summed E-state index contributed by atoms with van der Waals surface area (Å²) in [6.07, 6.45) is 0. The predicted molar refractivity (Wildman–Crippen MR) is 122 cm³/mol. The molecule has 0 spiro atoms. The summed E-state index contributed by atoms with van der Waals surface area (Å²) < 4.78 is 25.9. The minimum atomic E-state index is -3.79. The van der Waals surface area contributed by atoms with Crippen molar-refractivity contribution < 1.29 is 18.3 Å². The first-order valence-electron chi connectivity index (χ1n) is 9.20. The summed E-state index contributed by atoms with van der Waals surface area (Å²) in [6, 6.07) is 23.1. The van der Waals surface area contributed by atoms with Crippen molar-refractivity contribution in [3.8, 4) is 11.1 Å². The maximum atomic E-state index is 13.0. The highest BCUT2D eigenvalue weighted by molar-refractivity contribution is 7.99. The maximum absolute atomic E-state index is 13.0. The number of carboxylic acid groups (broad SMARTS) is 1. The standard InChI is InChI=1S/C23H21ClO4S2/c1-23(22(25)26,15-29-20-5-3-2-4-6-20)16-30(27,28)21-13-9-18(10-14-21)17-7-11-19(24)12-8-17/h2-14H,15-16H2,1H3,(H,25,26)/t23-/m1/s1. The van der Waals surface area contributed by atoms with Crippen LogP contribution in [0.5, 0.6) is 0 Å². The third-order valence-corrected chi connectivity index (χ3v) is 8.36. The molecule has 4 nitrogen and oxygen atoms in total. The Bertz CT molecular complexity index is 1110. The topological polar surface area (TPSA) is 71.4 Å². The summed E-state index contributed by atoms with van der Waals surface area (Å²) in [6.45, 7) is 1.48. The van der Waals surface area contributed by atoms with Gasteiger partial charge in [-0.25, -0.2) is 8.42 Å². The number of sulfone groups is 1. The molecule has 156 valence electrons. The average molecular weight is 461 g/mol. The van der Waals surface area contributed by atoms with E-state index in [2.05, 4.69) is 0 Å². The van der Waals surface area contributed by atoms with E-state index in [4.69, 9.17) is 11.6 Å². The van der Waals surface area contributed by atoms with Gasteiger partial charge in [-0.2, -0.15) is 0 Å². The maximum Gasteiger partial charge on any atom is 0.311 e. The highest BCUT2D eigenvalue weighted by Crippen LogP contribution is 2.32. The summed E-state index contributed by atoms with van der Waals surface area (Å²) in [5.74, 6) is -1.46. The van der Waals surface area contributed by atoms with E-state index in [-0.39, 0.29) is 10.6 Å². The SMILES string of the molecule is C[C@@](CSc1ccccc1)(CS(=O)(=O)c1ccc(-c2ccc(Cl)cc2)cc1)C(=O)O. The van der Waals surface area contributed by atoms with E-state index in [0.717, 1.165) is 16.0 Å². The first kappa shape index (κ1) is 22.4. The van der Waals surface area contributed by atoms with Crippen molar-refractivity contribution in [2.24, 2.45) is 5.41 Å². The first-order chi connectivity index (χ1) is 14.2. The number of benzene rings is 3. The van der Waals surface area contributed by atoms with Gasteiger partial charge in [0.15, 0.2) is 9.84 Å². The summed E-state index contributed by atoms with van der Waals surface area (Å²) >= 11 is 7.24. The van der Waals surface area contributed by atoms with Crippen LogP contribution in [0.15, 0.2) is 88.7 Å². The van der Waals surface area contributed by atoms with Crippen LogP contribution < -0.4 is 0 Å². The molecule has 0 saturated carbocycles. The summed E-state index contributed by atoms with van der Waals surface area (Å²) in [5, 5.41) is 10.4. The van der Waals surface area contributed by atoms with Crippen molar-refractivity contribution in [1.82, 2.24) is 0 Å². The molecule has 1 atom stereocenters. The zero-order chi connectivity index (χ0) is 21.8. The average Bonchev–Trinajstić information content (AvgIpc) is 2.73. The Hall–Kier alpha value is -2.28. The molecule has 0 aliphatic heterocycles. The van der Waals surface area contributed by atoms with Gasteiger partial charge in [0, 0.05) is 15.7 Å². The van der Waals surface area contributed by atoms with E-state index in [1.807, 2.05) is 42.5 Å². The highest BCUT2D eigenvalue weighted by Gasteiger charge is 2.39. The third kappa shape index (κ3) is 5.45. The Morgan fingerprint density at radius 2 is 1.47 bits per heavy atom. The lowest BCUT2D eigenvalue weighted by Gasteiger charge is -2.24. The monoisotopic (exact) mass is 460 g/mol. The number of hydrogen-bond donors (Lipinski definition) is 1. The molecule has 0 saturated heterocycles. The fraction of sp³-hybridized carbons (Fsp3) is 0.174. The molecule has 0 bridgehead atoms.